The highest BCUT2D eigenvalue weighted by Crippen LogP contribution is 2.45. The second-order valence-electron chi connectivity index (χ2n) is 25.6. The van der Waals surface area contributed by atoms with E-state index in [1.54, 1.807) is 0 Å². The van der Waals surface area contributed by atoms with Gasteiger partial charge in [0, 0.05) is 55.3 Å². The lowest BCUT2D eigenvalue weighted by Gasteiger charge is -2.21. The topological polar surface area (TPSA) is 14.8 Å². The highest BCUT2D eigenvalue weighted by molar-refractivity contribution is 6.26. The average molecular weight is 1200 g/mol. The number of hydrogen-bond donors (Lipinski definition) is 0. The Kier molecular flexibility index (Phi) is 12.3. The minimum Gasteiger partial charge on any atom is -0.313 e. The van der Waals surface area contributed by atoms with Crippen LogP contribution in [0, 0.1) is 5.92 Å². The third-order valence-corrected chi connectivity index (χ3v) is 20.2. The molecule has 19 rings (SSSR count). The van der Waals surface area contributed by atoms with Gasteiger partial charge in [-0.2, -0.15) is 0 Å². The summed E-state index contributed by atoms with van der Waals surface area (Å²) in [6, 6.07) is 118. The van der Waals surface area contributed by atoms with Crippen LogP contribution in [0.1, 0.15) is 13.3 Å². The Hall–Kier alpha value is -12.0. The molecule has 3 heterocycles. The molecule has 0 N–H and O–H groups in total. The minimum absolute atomic E-state index is 0.344. The first-order valence-corrected chi connectivity index (χ1v) is 32.8. The number of nitrogens with zero attached hydrogens (tertiary/aromatic N) is 3. The molecule has 440 valence electrons. The normalized spacial score (nSPS) is 13.5. The van der Waals surface area contributed by atoms with Gasteiger partial charge < -0.3 is 13.7 Å². The van der Waals surface area contributed by atoms with Crippen LogP contribution < -0.4 is 0 Å². The predicted molar refractivity (Wildman–Crippen MR) is 400 cm³/mol. The first-order chi connectivity index (χ1) is 46.5. The van der Waals surface area contributed by atoms with E-state index >= 15 is 0 Å². The molecule has 1 atom stereocenters. The molecule has 18 aromatic rings. The monoisotopic (exact) mass is 1200 g/mol. The predicted octanol–water partition coefficient (Wildman–Crippen LogP) is 24.9. The zero-order valence-corrected chi connectivity index (χ0v) is 51.9. The van der Waals surface area contributed by atoms with Gasteiger partial charge in [-0.1, -0.05) is 225 Å². The molecule has 1 unspecified atom stereocenters. The summed E-state index contributed by atoms with van der Waals surface area (Å²) in [5.74, 6) is 0.344. The molecular formula is C91H61N3. The van der Waals surface area contributed by atoms with E-state index < -0.39 is 0 Å². The molecule has 3 nitrogen and oxygen atoms in total. The zero-order valence-electron chi connectivity index (χ0n) is 51.9. The van der Waals surface area contributed by atoms with Crippen LogP contribution in [-0.2, 0) is 0 Å². The standard InChI is InChI=1S/C91H61N3/c1-58-20-11-16-33-85(58)94-90-47-41-72(93-87-35-18-15-32-78(87)83-55-66(40-46-89(83)93)65-39-45-88-82(54-65)77-31-14-17-34-86(77)92(88)71-27-9-4-10-28-71)57-84(90)79-44-38-67(56-91(79)94)64-37-43-76-75-42-36-63(52-80(75)73-29-12-13-30-74(73)81(76)53-64)61-25-19-26-62(48-61)70-50-68(59-21-5-2-6-22-59)49-69(51-70)60-23-7-3-8-24-60/h2-19,21-58H,20H2,1H3. The Labute approximate surface area is 544 Å². The lowest BCUT2D eigenvalue weighted by Crippen LogP contribution is -2.08. The summed E-state index contributed by atoms with van der Waals surface area (Å²) in [6.45, 7) is 2.37. The van der Waals surface area contributed by atoms with E-state index in [9.17, 15) is 0 Å². The summed E-state index contributed by atoms with van der Waals surface area (Å²) in [5, 5.41) is 15.0. The van der Waals surface area contributed by atoms with Crippen LogP contribution in [0.4, 0.5) is 0 Å². The summed E-state index contributed by atoms with van der Waals surface area (Å²) >= 11 is 0. The maximum atomic E-state index is 2.55. The van der Waals surface area contributed by atoms with E-state index in [1.165, 1.54) is 176 Å². The zero-order chi connectivity index (χ0) is 62.0. The third kappa shape index (κ3) is 8.66. The molecule has 0 amide bonds. The van der Waals surface area contributed by atoms with Crippen LogP contribution in [0.2, 0.25) is 0 Å². The van der Waals surface area contributed by atoms with Crippen molar-refractivity contribution in [2.45, 2.75) is 13.3 Å². The Morgan fingerprint density at radius 2 is 0.585 bits per heavy atom. The Morgan fingerprint density at radius 3 is 1.15 bits per heavy atom. The fourth-order valence-corrected chi connectivity index (χ4v) is 15.7. The maximum absolute atomic E-state index is 2.55. The van der Waals surface area contributed by atoms with E-state index in [2.05, 4.69) is 354 Å². The van der Waals surface area contributed by atoms with Crippen LogP contribution in [0.25, 0.3) is 182 Å². The number of rotatable bonds is 9. The number of aromatic nitrogens is 3. The molecule has 0 fully saturated rings. The Morgan fingerprint density at radius 1 is 0.223 bits per heavy atom. The fourth-order valence-electron chi connectivity index (χ4n) is 15.7. The molecule has 0 saturated carbocycles. The van der Waals surface area contributed by atoms with Crippen LogP contribution in [-0.4, -0.2) is 13.7 Å². The number of para-hydroxylation sites is 3. The summed E-state index contributed by atoms with van der Waals surface area (Å²) < 4.78 is 7.42. The number of allylic oxidation sites excluding steroid dienone is 4. The fraction of sp³-hybridized carbons (Fsp3) is 0.0330. The van der Waals surface area contributed by atoms with Crippen molar-refractivity contribution < 1.29 is 0 Å². The van der Waals surface area contributed by atoms with Crippen molar-refractivity contribution in [1.82, 2.24) is 13.7 Å². The van der Waals surface area contributed by atoms with E-state index in [1.807, 2.05) is 0 Å². The van der Waals surface area contributed by atoms with Gasteiger partial charge in [0.1, 0.15) is 0 Å². The average Bonchev–Trinajstić information content (AvgIpc) is 1.29. The molecule has 94 heavy (non-hydrogen) atoms. The van der Waals surface area contributed by atoms with Crippen LogP contribution in [0.3, 0.4) is 0 Å². The molecule has 0 bridgehead atoms. The van der Waals surface area contributed by atoms with Crippen molar-refractivity contribution in [2.75, 3.05) is 0 Å². The number of hydrogen-bond acceptors (Lipinski definition) is 0. The van der Waals surface area contributed by atoms with Crippen molar-refractivity contribution in [3.05, 3.63) is 334 Å². The summed E-state index contributed by atoms with van der Waals surface area (Å²) in [6.07, 6.45) is 7.88. The highest BCUT2D eigenvalue weighted by Gasteiger charge is 2.23. The van der Waals surface area contributed by atoms with Crippen molar-refractivity contribution in [3.8, 4) is 78.1 Å². The van der Waals surface area contributed by atoms with Gasteiger partial charge >= 0.3 is 0 Å². The smallest absolute Gasteiger partial charge is 0.0544 e. The Balaban J connectivity index is 0.704. The number of benzene rings is 15. The van der Waals surface area contributed by atoms with Gasteiger partial charge in [0.15, 0.2) is 0 Å². The lowest BCUT2D eigenvalue weighted by atomic mass is 9.89. The molecule has 0 aliphatic heterocycles. The molecule has 1 aliphatic rings. The first kappa shape index (κ1) is 53.8. The number of fused-ring (bicyclic) bond motifs is 15. The van der Waals surface area contributed by atoms with Gasteiger partial charge in [-0.15, -0.1) is 0 Å². The Bertz CT molecular complexity index is 6110. The molecule has 0 spiro atoms. The third-order valence-electron chi connectivity index (χ3n) is 20.2. The van der Waals surface area contributed by atoms with Crippen LogP contribution in [0.15, 0.2) is 334 Å². The van der Waals surface area contributed by atoms with Gasteiger partial charge in [0.25, 0.3) is 0 Å². The molecule has 0 radical (unpaired) electrons. The van der Waals surface area contributed by atoms with Crippen molar-refractivity contribution >= 4 is 103 Å². The molecule has 15 aromatic carbocycles. The van der Waals surface area contributed by atoms with Crippen LogP contribution >= 0.6 is 0 Å². The quantitative estimate of drug-likeness (QED) is 0.128. The molecule has 3 heteroatoms. The summed E-state index contributed by atoms with van der Waals surface area (Å²) in [4.78, 5) is 0. The molecular weight excluding hydrogens is 1140 g/mol. The van der Waals surface area contributed by atoms with Gasteiger partial charge in [0.2, 0.25) is 0 Å². The van der Waals surface area contributed by atoms with Gasteiger partial charge in [0.05, 0.1) is 33.1 Å². The summed E-state index contributed by atoms with van der Waals surface area (Å²) in [7, 11) is 0. The molecule has 3 aromatic heterocycles. The van der Waals surface area contributed by atoms with E-state index in [4.69, 9.17) is 0 Å². The minimum atomic E-state index is 0.344. The summed E-state index contributed by atoms with van der Waals surface area (Å²) in [5.41, 5.74) is 25.3. The van der Waals surface area contributed by atoms with Gasteiger partial charge in [-0.25, -0.2) is 0 Å². The SMILES string of the molecule is CC1CC=CC=C1n1c2ccc(-n3c4ccccc4c4cc(-c5ccc6c(c5)c5ccccc5n6-c5ccccc5)ccc43)cc2c2ccc(-c3ccc4c5ccc(-c6cccc(-c7cc(-c8ccccc8)cc(-c8ccccc8)c7)c6)cc5c5ccccc5c4c3)cc21. The molecule has 1 aliphatic carbocycles. The lowest BCUT2D eigenvalue weighted by molar-refractivity contribution is 0.725. The second kappa shape index (κ2) is 21.6. The van der Waals surface area contributed by atoms with E-state index in [0.29, 0.717) is 5.92 Å². The van der Waals surface area contributed by atoms with Gasteiger partial charge in [-0.3, -0.25) is 0 Å². The van der Waals surface area contributed by atoms with Crippen molar-refractivity contribution in [3.63, 3.8) is 0 Å². The molecule has 0 saturated heterocycles. The second-order valence-corrected chi connectivity index (χ2v) is 25.6. The highest BCUT2D eigenvalue weighted by atomic mass is 15.0. The van der Waals surface area contributed by atoms with Crippen molar-refractivity contribution in [1.29, 1.82) is 0 Å². The largest absolute Gasteiger partial charge is 0.313 e. The van der Waals surface area contributed by atoms with Crippen molar-refractivity contribution in [2.24, 2.45) is 5.92 Å². The maximum Gasteiger partial charge on any atom is 0.0544 e. The van der Waals surface area contributed by atoms with E-state index in [-0.39, 0.29) is 0 Å². The first-order valence-electron chi connectivity index (χ1n) is 32.8. The van der Waals surface area contributed by atoms with Crippen LogP contribution in [0.5, 0.6) is 0 Å². The van der Waals surface area contributed by atoms with E-state index in [0.717, 1.165) is 12.1 Å². The van der Waals surface area contributed by atoms with Gasteiger partial charge in [-0.05, 0) is 221 Å².